The van der Waals surface area contributed by atoms with E-state index >= 15 is 0 Å². The summed E-state index contributed by atoms with van der Waals surface area (Å²) >= 11 is 0. The van der Waals surface area contributed by atoms with Crippen molar-refractivity contribution in [3.8, 4) is 6.07 Å². The van der Waals surface area contributed by atoms with Gasteiger partial charge in [-0.05, 0) is 20.3 Å². The molecule has 4 nitrogen and oxygen atoms in total. The lowest BCUT2D eigenvalue weighted by atomic mass is 10.0. The third-order valence-electron chi connectivity index (χ3n) is 3.94. The molecule has 0 unspecified atom stereocenters. The number of carbonyl (C=O) groups is 1. The Morgan fingerprint density at radius 2 is 1.79 bits per heavy atom. The molecule has 0 radical (unpaired) electrons. The zero-order valence-corrected chi connectivity index (χ0v) is 12.6. The molecule has 0 spiro atoms. The number of hydrogen-bond acceptors (Lipinski definition) is 3. The molecule has 0 atom stereocenters. The lowest BCUT2D eigenvalue weighted by molar-refractivity contribution is -0.133. The molecule has 1 aliphatic rings. The molecule has 1 amide bonds. The maximum absolute atomic E-state index is 12.0. The zero-order valence-electron chi connectivity index (χ0n) is 12.6. The van der Waals surface area contributed by atoms with Crippen LogP contribution in [0, 0.1) is 11.3 Å². The second-order valence-corrected chi connectivity index (χ2v) is 5.85. The fourth-order valence-electron chi connectivity index (χ4n) is 2.45. The van der Waals surface area contributed by atoms with Gasteiger partial charge in [-0.3, -0.25) is 9.69 Å². The Bertz CT molecular complexity index is 325. The summed E-state index contributed by atoms with van der Waals surface area (Å²) in [7, 11) is 0. The standard InChI is InChI=1S/C15H27N3O/c1-4-5-6-7-8-14(19)17-9-11-18(12-10-17)15(2,3)13-16/h4-12H2,1-3H3. The first kappa shape index (κ1) is 16.0. The molecule has 1 saturated heterocycles. The van der Waals surface area contributed by atoms with Crippen molar-refractivity contribution in [3.63, 3.8) is 0 Å². The average Bonchev–Trinajstić information content (AvgIpc) is 2.43. The third kappa shape index (κ3) is 4.83. The van der Waals surface area contributed by atoms with Crippen LogP contribution in [0.2, 0.25) is 0 Å². The van der Waals surface area contributed by atoms with Crippen LogP contribution in [0.4, 0.5) is 0 Å². The number of rotatable bonds is 6. The molecule has 0 N–H and O–H groups in total. The average molecular weight is 265 g/mol. The fourth-order valence-corrected chi connectivity index (χ4v) is 2.45. The highest BCUT2D eigenvalue weighted by Crippen LogP contribution is 2.16. The first-order valence-electron chi connectivity index (χ1n) is 7.45. The van der Waals surface area contributed by atoms with E-state index in [1.165, 1.54) is 12.8 Å². The quantitative estimate of drug-likeness (QED) is 0.693. The second-order valence-electron chi connectivity index (χ2n) is 5.85. The van der Waals surface area contributed by atoms with Crippen LogP contribution in [0.1, 0.15) is 52.9 Å². The Balaban J connectivity index is 2.30. The second kappa shape index (κ2) is 7.49. The van der Waals surface area contributed by atoms with Crippen molar-refractivity contribution < 1.29 is 4.79 Å². The SMILES string of the molecule is CCCCCCC(=O)N1CCN(C(C)(C)C#N)CC1. The summed E-state index contributed by atoms with van der Waals surface area (Å²) in [5.41, 5.74) is -0.420. The Kier molecular flexibility index (Phi) is 6.30. The van der Waals surface area contributed by atoms with E-state index in [1.54, 1.807) is 0 Å². The number of nitriles is 1. The summed E-state index contributed by atoms with van der Waals surface area (Å²) in [6.07, 6.45) is 5.27. The van der Waals surface area contributed by atoms with Crippen LogP contribution >= 0.6 is 0 Å². The van der Waals surface area contributed by atoms with Gasteiger partial charge >= 0.3 is 0 Å². The number of carbonyl (C=O) groups excluding carboxylic acids is 1. The van der Waals surface area contributed by atoms with E-state index in [0.29, 0.717) is 6.42 Å². The van der Waals surface area contributed by atoms with Crippen molar-refractivity contribution in [2.45, 2.75) is 58.4 Å². The Morgan fingerprint density at radius 1 is 1.16 bits per heavy atom. The van der Waals surface area contributed by atoms with E-state index in [1.807, 2.05) is 18.7 Å². The highest BCUT2D eigenvalue weighted by Gasteiger charge is 2.30. The first-order chi connectivity index (χ1) is 9.01. The summed E-state index contributed by atoms with van der Waals surface area (Å²) in [5.74, 6) is 0.283. The van der Waals surface area contributed by atoms with Gasteiger partial charge in [0, 0.05) is 32.6 Å². The summed E-state index contributed by atoms with van der Waals surface area (Å²) in [5, 5.41) is 9.12. The van der Waals surface area contributed by atoms with Crippen LogP contribution in [0.25, 0.3) is 0 Å². The molecule has 19 heavy (non-hydrogen) atoms. The summed E-state index contributed by atoms with van der Waals surface area (Å²) in [4.78, 5) is 16.1. The van der Waals surface area contributed by atoms with Crippen LogP contribution in [-0.4, -0.2) is 47.4 Å². The largest absolute Gasteiger partial charge is 0.340 e. The van der Waals surface area contributed by atoms with Crippen molar-refractivity contribution in [2.24, 2.45) is 0 Å². The highest BCUT2D eigenvalue weighted by atomic mass is 16.2. The summed E-state index contributed by atoms with van der Waals surface area (Å²) in [6.45, 7) is 9.19. The van der Waals surface area contributed by atoms with Gasteiger partial charge in [0.05, 0.1) is 6.07 Å². The van der Waals surface area contributed by atoms with Gasteiger partial charge in [0.1, 0.15) is 5.54 Å². The van der Waals surface area contributed by atoms with Crippen LogP contribution in [0.15, 0.2) is 0 Å². The van der Waals surface area contributed by atoms with E-state index < -0.39 is 5.54 Å². The molecule has 0 bridgehead atoms. The lowest BCUT2D eigenvalue weighted by Gasteiger charge is -2.40. The van der Waals surface area contributed by atoms with Crippen molar-refractivity contribution in [1.29, 1.82) is 5.26 Å². The molecule has 4 heteroatoms. The van der Waals surface area contributed by atoms with Gasteiger partial charge in [-0.15, -0.1) is 0 Å². The molecule has 0 aromatic heterocycles. The van der Waals surface area contributed by atoms with Gasteiger partial charge in [0.25, 0.3) is 0 Å². The number of amides is 1. The summed E-state index contributed by atoms with van der Waals surface area (Å²) < 4.78 is 0. The minimum atomic E-state index is -0.420. The number of hydrogen-bond donors (Lipinski definition) is 0. The van der Waals surface area contributed by atoms with Crippen molar-refractivity contribution in [2.75, 3.05) is 26.2 Å². The van der Waals surface area contributed by atoms with Gasteiger partial charge in [0.15, 0.2) is 0 Å². The normalized spacial score (nSPS) is 17.3. The minimum absolute atomic E-state index is 0.283. The molecular weight excluding hydrogens is 238 g/mol. The predicted octanol–water partition coefficient (Wildman–Crippen LogP) is 2.40. The van der Waals surface area contributed by atoms with Gasteiger partial charge < -0.3 is 4.90 Å². The molecule has 0 saturated carbocycles. The predicted molar refractivity (Wildman–Crippen MR) is 76.6 cm³/mol. The number of piperazine rings is 1. The van der Waals surface area contributed by atoms with E-state index in [9.17, 15) is 4.79 Å². The smallest absolute Gasteiger partial charge is 0.222 e. The van der Waals surface area contributed by atoms with Crippen molar-refractivity contribution >= 4 is 5.91 Å². The maximum atomic E-state index is 12.0. The maximum Gasteiger partial charge on any atom is 0.222 e. The van der Waals surface area contributed by atoms with Crippen LogP contribution in [0.5, 0.6) is 0 Å². The highest BCUT2D eigenvalue weighted by molar-refractivity contribution is 5.76. The molecule has 1 rings (SSSR count). The summed E-state index contributed by atoms with van der Waals surface area (Å²) in [6, 6.07) is 2.33. The Morgan fingerprint density at radius 3 is 2.32 bits per heavy atom. The van der Waals surface area contributed by atoms with E-state index in [0.717, 1.165) is 39.0 Å². The van der Waals surface area contributed by atoms with Gasteiger partial charge in [-0.2, -0.15) is 5.26 Å². The number of unbranched alkanes of at least 4 members (excludes halogenated alkanes) is 3. The monoisotopic (exact) mass is 265 g/mol. The fraction of sp³-hybridized carbons (Fsp3) is 0.867. The Hall–Kier alpha value is -1.08. The third-order valence-corrected chi connectivity index (χ3v) is 3.94. The number of nitrogens with zero attached hydrogens (tertiary/aromatic N) is 3. The van der Waals surface area contributed by atoms with Crippen LogP contribution in [-0.2, 0) is 4.79 Å². The molecule has 0 aromatic carbocycles. The van der Waals surface area contributed by atoms with Crippen molar-refractivity contribution in [1.82, 2.24) is 9.80 Å². The van der Waals surface area contributed by atoms with Crippen molar-refractivity contribution in [3.05, 3.63) is 0 Å². The van der Waals surface area contributed by atoms with Gasteiger partial charge in [-0.1, -0.05) is 26.2 Å². The van der Waals surface area contributed by atoms with E-state index in [2.05, 4.69) is 17.9 Å². The molecule has 1 fully saturated rings. The first-order valence-corrected chi connectivity index (χ1v) is 7.45. The zero-order chi connectivity index (χ0) is 14.3. The minimum Gasteiger partial charge on any atom is -0.340 e. The van der Waals surface area contributed by atoms with Crippen LogP contribution < -0.4 is 0 Å². The topological polar surface area (TPSA) is 47.3 Å². The molecule has 0 aromatic rings. The molecule has 0 aliphatic carbocycles. The van der Waals surface area contributed by atoms with E-state index in [4.69, 9.17) is 5.26 Å². The van der Waals surface area contributed by atoms with Crippen LogP contribution in [0.3, 0.4) is 0 Å². The lowest BCUT2D eigenvalue weighted by Crippen LogP contribution is -2.55. The Labute approximate surface area is 117 Å². The molecule has 1 heterocycles. The van der Waals surface area contributed by atoms with Gasteiger partial charge in [0.2, 0.25) is 5.91 Å². The van der Waals surface area contributed by atoms with E-state index in [-0.39, 0.29) is 5.91 Å². The molecular formula is C15H27N3O. The van der Waals surface area contributed by atoms with Gasteiger partial charge in [-0.25, -0.2) is 0 Å². The molecule has 1 aliphatic heterocycles. The molecule has 108 valence electrons.